The lowest BCUT2D eigenvalue weighted by Crippen LogP contribution is -2.52. The SMILES string of the molecule is COC(=O)CC1CC(NC(=O)C(C)C)CN(CCO)C1. The van der Waals surface area contributed by atoms with Gasteiger partial charge in [-0.15, -0.1) is 0 Å². The van der Waals surface area contributed by atoms with Crippen LogP contribution in [0.3, 0.4) is 0 Å². The molecule has 2 unspecified atom stereocenters. The Labute approximate surface area is 120 Å². The lowest BCUT2D eigenvalue weighted by molar-refractivity contribution is -0.142. The first kappa shape index (κ1) is 16.9. The van der Waals surface area contributed by atoms with Gasteiger partial charge in [-0.3, -0.25) is 14.5 Å². The van der Waals surface area contributed by atoms with Gasteiger partial charge in [0.05, 0.1) is 13.7 Å². The molecule has 0 aromatic carbocycles. The van der Waals surface area contributed by atoms with Crippen molar-refractivity contribution >= 4 is 11.9 Å². The Morgan fingerprint density at radius 3 is 2.65 bits per heavy atom. The lowest BCUT2D eigenvalue weighted by atomic mass is 9.91. The van der Waals surface area contributed by atoms with Crippen LogP contribution in [0.5, 0.6) is 0 Å². The van der Waals surface area contributed by atoms with Gasteiger partial charge in [-0.25, -0.2) is 0 Å². The number of hydrogen-bond donors (Lipinski definition) is 2. The first-order valence-corrected chi connectivity index (χ1v) is 7.16. The van der Waals surface area contributed by atoms with Crippen molar-refractivity contribution in [3.8, 4) is 0 Å². The van der Waals surface area contributed by atoms with Gasteiger partial charge in [0, 0.05) is 38.0 Å². The summed E-state index contributed by atoms with van der Waals surface area (Å²) in [5.74, 6) is -0.102. The standard InChI is InChI=1S/C14H26N2O4/c1-10(2)14(19)15-12-6-11(7-13(18)20-3)8-16(9-12)4-5-17/h10-12,17H,4-9H2,1-3H3,(H,15,19). The summed E-state index contributed by atoms with van der Waals surface area (Å²) in [5, 5.41) is 12.1. The number of ether oxygens (including phenoxy) is 1. The third-order valence-corrected chi connectivity index (χ3v) is 3.58. The van der Waals surface area contributed by atoms with Crippen molar-refractivity contribution in [2.24, 2.45) is 11.8 Å². The van der Waals surface area contributed by atoms with Crippen LogP contribution >= 0.6 is 0 Å². The number of β-amino-alcohol motifs (C(OH)–C–C–N with tert-alkyl or cyclic N) is 1. The Bertz CT molecular complexity index is 333. The highest BCUT2D eigenvalue weighted by molar-refractivity contribution is 5.78. The number of nitrogens with one attached hydrogen (secondary N) is 1. The van der Waals surface area contributed by atoms with Crippen molar-refractivity contribution in [1.82, 2.24) is 10.2 Å². The van der Waals surface area contributed by atoms with Crippen molar-refractivity contribution in [3.63, 3.8) is 0 Å². The van der Waals surface area contributed by atoms with Gasteiger partial charge in [0.25, 0.3) is 0 Å². The largest absolute Gasteiger partial charge is 0.469 e. The predicted octanol–water partition coefficient (Wildman–Crippen LogP) is 0.00450. The molecule has 0 aromatic heterocycles. The molecule has 1 fully saturated rings. The Morgan fingerprint density at radius 2 is 2.10 bits per heavy atom. The fraction of sp³-hybridized carbons (Fsp3) is 0.857. The highest BCUT2D eigenvalue weighted by atomic mass is 16.5. The van der Waals surface area contributed by atoms with Gasteiger partial charge < -0.3 is 15.2 Å². The van der Waals surface area contributed by atoms with Gasteiger partial charge in [-0.1, -0.05) is 13.8 Å². The number of aliphatic hydroxyl groups excluding tert-OH is 1. The van der Waals surface area contributed by atoms with Crippen molar-refractivity contribution in [2.45, 2.75) is 32.7 Å². The smallest absolute Gasteiger partial charge is 0.305 e. The van der Waals surface area contributed by atoms with E-state index in [2.05, 4.69) is 10.2 Å². The van der Waals surface area contributed by atoms with Crippen LogP contribution in [-0.2, 0) is 14.3 Å². The number of piperidine rings is 1. The summed E-state index contributed by atoms with van der Waals surface area (Å²) in [7, 11) is 1.38. The molecule has 1 aliphatic heterocycles. The van der Waals surface area contributed by atoms with Crippen LogP contribution in [0.25, 0.3) is 0 Å². The molecule has 1 rings (SSSR count). The molecule has 116 valence electrons. The average molecular weight is 286 g/mol. The zero-order valence-electron chi connectivity index (χ0n) is 12.6. The summed E-state index contributed by atoms with van der Waals surface area (Å²) in [6.07, 6.45) is 1.13. The normalized spacial score (nSPS) is 23.6. The molecule has 20 heavy (non-hydrogen) atoms. The van der Waals surface area contributed by atoms with Gasteiger partial charge in [-0.2, -0.15) is 0 Å². The number of aliphatic hydroxyl groups is 1. The zero-order valence-corrected chi connectivity index (χ0v) is 12.6. The van der Waals surface area contributed by atoms with Crippen LogP contribution in [0, 0.1) is 11.8 Å². The van der Waals surface area contributed by atoms with Gasteiger partial charge >= 0.3 is 5.97 Å². The first-order valence-electron chi connectivity index (χ1n) is 7.16. The van der Waals surface area contributed by atoms with E-state index >= 15 is 0 Å². The molecule has 6 nitrogen and oxygen atoms in total. The summed E-state index contributed by atoms with van der Waals surface area (Å²) < 4.78 is 4.71. The number of hydrogen-bond acceptors (Lipinski definition) is 5. The highest BCUT2D eigenvalue weighted by Crippen LogP contribution is 2.20. The minimum absolute atomic E-state index is 0.0256. The second-order valence-corrected chi connectivity index (χ2v) is 5.73. The Kier molecular flexibility index (Phi) is 6.95. The lowest BCUT2D eigenvalue weighted by Gasteiger charge is -2.37. The van der Waals surface area contributed by atoms with E-state index in [9.17, 15) is 9.59 Å². The van der Waals surface area contributed by atoms with E-state index in [4.69, 9.17) is 9.84 Å². The van der Waals surface area contributed by atoms with Crippen molar-refractivity contribution in [1.29, 1.82) is 0 Å². The quantitative estimate of drug-likeness (QED) is 0.672. The molecule has 1 amide bonds. The van der Waals surface area contributed by atoms with Gasteiger partial charge in [0.2, 0.25) is 5.91 Å². The molecule has 1 heterocycles. The van der Waals surface area contributed by atoms with Gasteiger partial charge in [0.1, 0.15) is 0 Å². The Morgan fingerprint density at radius 1 is 1.40 bits per heavy atom. The molecule has 0 aliphatic carbocycles. The van der Waals surface area contributed by atoms with E-state index in [-0.39, 0.29) is 36.4 Å². The summed E-state index contributed by atoms with van der Waals surface area (Å²) in [4.78, 5) is 25.3. The molecule has 2 N–H and O–H groups in total. The fourth-order valence-corrected chi connectivity index (χ4v) is 2.57. The maximum absolute atomic E-state index is 11.8. The second-order valence-electron chi connectivity index (χ2n) is 5.73. The number of carbonyl (C=O) groups is 2. The topological polar surface area (TPSA) is 78.9 Å². The number of carbonyl (C=O) groups excluding carboxylic acids is 2. The minimum atomic E-state index is -0.227. The van der Waals surface area contributed by atoms with Crippen LogP contribution in [0.1, 0.15) is 26.7 Å². The molecule has 0 aromatic rings. The summed E-state index contributed by atoms with van der Waals surface area (Å²) in [5.41, 5.74) is 0. The molecule has 0 bridgehead atoms. The summed E-state index contributed by atoms with van der Waals surface area (Å²) >= 11 is 0. The highest BCUT2D eigenvalue weighted by Gasteiger charge is 2.29. The number of methoxy groups -OCH3 is 1. The third kappa shape index (κ3) is 5.46. The van der Waals surface area contributed by atoms with Crippen molar-refractivity contribution in [2.75, 3.05) is 33.4 Å². The number of amides is 1. The molecule has 1 aliphatic rings. The van der Waals surface area contributed by atoms with Crippen LogP contribution < -0.4 is 5.32 Å². The number of esters is 1. The molecule has 6 heteroatoms. The molecule has 0 radical (unpaired) electrons. The molecular formula is C14H26N2O4. The average Bonchev–Trinajstić information content (AvgIpc) is 2.38. The number of rotatable bonds is 6. The van der Waals surface area contributed by atoms with Crippen molar-refractivity contribution < 1.29 is 19.4 Å². The Balaban J connectivity index is 2.60. The third-order valence-electron chi connectivity index (χ3n) is 3.58. The maximum Gasteiger partial charge on any atom is 0.305 e. The Hall–Kier alpha value is -1.14. The van der Waals surface area contributed by atoms with Crippen LogP contribution in [0.15, 0.2) is 0 Å². The van der Waals surface area contributed by atoms with E-state index in [1.54, 1.807) is 0 Å². The minimum Gasteiger partial charge on any atom is -0.469 e. The van der Waals surface area contributed by atoms with E-state index in [1.807, 2.05) is 13.8 Å². The maximum atomic E-state index is 11.8. The number of nitrogens with zero attached hydrogens (tertiary/aromatic N) is 1. The van der Waals surface area contributed by atoms with E-state index in [0.717, 1.165) is 19.5 Å². The zero-order chi connectivity index (χ0) is 15.1. The van der Waals surface area contributed by atoms with Gasteiger partial charge in [-0.05, 0) is 12.3 Å². The molecule has 0 spiro atoms. The van der Waals surface area contributed by atoms with Crippen LogP contribution in [-0.4, -0.2) is 61.3 Å². The molecule has 0 saturated carbocycles. The second kappa shape index (κ2) is 8.21. The van der Waals surface area contributed by atoms with Gasteiger partial charge in [0.15, 0.2) is 0 Å². The van der Waals surface area contributed by atoms with E-state index in [0.29, 0.717) is 13.0 Å². The fourth-order valence-electron chi connectivity index (χ4n) is 2.57. The molecular weight excluding hydrogens is 260 g/mol. The van der Waals surface area contributed by atoms with Crippen molar-refractivity contribution in [3.05, 3.63) is 0 Å². The summed E-state index contributed by atoms with van der Waals surface area (Å²) in [6.45, 7) is 5.83. The summed E-state index contributed by atoms with van der Waals surface area (Å²) in [6, 6.07) is 0.0276. The van der Waals surface area contributed by atoms with E-state index in [1.165, 1.54) is 7.11 Å². The van der Waals surface area contributed by atoms with Crippen LogP contribution in [0.2, 0.25) is 0 Å². The molecule has 1 saturated heterocycles. The first-order chi connectivity index (χ1) is 9.46. The molecule has 2 atom stereocenters. The number of likely N-dealkylation sites (tertiary alicyclic amines) is 1. The van der Waals surface area contributed by atoms with Crippen LogP contribution in [0.4, 0.5) is 0 Å². The monoisotopic (exact) mass is 286 g/mol. The predicted molar refractivity (Wildman–Crippen MR) is 75.0 cm³/mol. The van der Waals surface area contributed by atoms with E-state index < -0.39 is 0 Å².